The molecule has 0 amide bonds. The number of anilines is 4. The lowest BCUT2D eigenvalue weighted by molar-refractivity contribution is -0.137. The van der Waals surface area contributed by atoms with Gasteiger partial charge in [-0.05, 0) is 55.9 Å². The van der Waals surface area contributed by atoms with Gasteiger partial charge in [-0.2, -0.15) is 18.2 Å². The van der Waals surface area contributed by atoms with E-state index in [0.29, 0.717) is 48.6 Å². The maximum Gasteiger partial charge on any atom is 0.416 e. The third-order valence-corrected chi connectivity index (χ3v) is 7.18. The molecule has 4 heterocycles. The molecule has 178 valence electrons. The molecule has 1 aliphatic carbocycles. The van der Waals surface area contributed by atoms with Crippen LogP contribution in [0.5, 0.6) is 0 Å². The van der Waals surface area contributed by atoms with Gasteiger partial charge in [0.1, 0.15) is 12.1 Å². The highest BCUT2D eigenvalue weighted by Crippen LogP contribution is 2.40. The molecule has 6 rings (SSSR count). The molecule has 2 fully saturated rings. The third-order valence-electron chi connectivity index (χ3n) is 7.18. The normalized spacial score (nSPS) is 23.9. The Bertz CT molecular complexity index is 1180. The molecule has 2 bridgehead atoms. The predicted octanol–water partition coefficient (Wildman–Crippen LogP) is 3.87. The number of benzene rings is 1. The predicted molar refractivity (Wildman–Crippen MR) is 121 cm³/mol. The molecule has 0 radical (unpaired) electrons. The van der Waals surface area contributed by atoms with Crippen LogP contribution in [0.15, 0.2) is 36.7 Å². The van der Waals surface area contributed by atoms with Gasteiger partial charge >= 0.3 is 6.18 Å². The van der Waals surface area contributed by atoms with Crippen LogP contribution in [0.4, 0.5) is 36.6 Å². The molecule has 2 atom stereocenters. The highest BCUT2D eigenvalue weighted by Gasteiger charge is 2.43. The molecule has 8 nitrogen and oxygen atoms in total. The van der Waals surface area contributed by atoms with Crippen molar-refractivity contribution >= 4 is 23.4 Å². The lowest BCUT2D eigenvalue weighted by Crippen LogP contribution is -2.48. The van der Waals surface area contributed by atoms with Gasteiger partial charge in [-0.1, -0.05) is 0 Å². The minimum Gasteiger partial charge on any atom is -0.356 e. The first-order chi connectivity index (χ1) is 16.3. The molecule has 1 aromatic carbocycles. The summed E-state index contributed by atoms with van der Waals surface area (Å²) in [5, 5.41) is 8.22. The van der Waals surface area contributed by atoms with E-state index in [9.17, 15) is 13.2 Å². The highest BCUT2D eigenvalue weighted by atomic mass is 19.4. The summed E-state index contributed by atoms with van der Waals surface area (Å²) in [6.07, 6.45) is -0.431. The van der Waals surface area contributed by atoms with Crippen molar-refractivity contribution in [3.63, 3.8) is 0 Å². The highest BCUT2D eigenvalue weighted by molar-refractivity contribution is 5.60. The number of hydrogen-bond acceptors (Lipinski definition) is 7. The van der Waals surface area contributed by atoms with Gasteiger partial charge in [-0.3, -0.25) is 0 Å². The van der Waals surface area contributed by atoms with Crippen molar-refractivity contribution in [2.24, 2.45) is 11.8 Å². The van der Waals surface area contributed by atoms with Gasteiger partial charge in [0.25, 0.3) is 0 Å². The van der Waals surface area contributed by atoms with Gasteiger partial charge in [0.2, 0.25) is 11.9 Å². The Morgan fingerprint density at radius 2 is 1.74 bits per heavy atom. The number of halogens is 3. The minimum absolute atomic E-state index is 0.293. The number of nitrogens with one attached hydrogen (secondary N) is 1. The van der Waals surface area contributed by atoms with Gasteiger partial charge in [-0.25, -0.2) is 14.6 Å². The van der Waals surface area contributed by atoms with Crippen LogP contribution in [0, 0.1) is 18.8 Å². The van der Waals surface area contributed by atoms with Crippen LogP contribution >= 0.6 is 0 Å². The van der Waals surface area contributed by atoms with Crippen LogP contribution in [0.25, 0.3) is 0 Å². The van der Waals surface area contributed by atoms with Crippen molar-refractivity contribution in [1.82, 2.24) is 24.7 Å². The average Bonchev–Trinajstić information content (AvgIpc) is 3.44. The molecule has 1 N–H and O–H groups in total. The zero-order valence-electron chi connectivity index (χ0n) is 18.7. The quantitative estimate of drug-likeness (QED) is 0.620. The molecule has 1 saturated carbocycles. The van der Waals surface area contributed by atoms with Gasteiger partial charge in [-0.15, -0.1) is 5.10 Å². The van der Waals surface area contributed by atoms with E-state index in [1.165, 1.54) is 12.1 Å². The third kappa shape index (κ3) is 3.72. The molecule has 0 unspecified atom stereocenters. The molecular weight excluding hydrogens is 445 g/mol. The van der Waals surface area contributed by atoms with Crippen LogP contribution in [0.1, 0.15) is 24.1 Å². The van der Waals surface area contributed by atoms with E-state index in [0.717, 1.165) is 49.6 Å². The van der Waals surface area contributed by atoms with Crippen LogP contribution in [0.3, 0.4) is 0 Å². The summed E-state index contributed by atoms with van der Waals surface area (Å²) in [5.41, 5.74) is 0.990. The first kappa shape index (κ1) is 21.2. The topological polar surface area (TPSA) is 75.0 Å². The zero-order valence-corrected chi connectivity index (χ0v) is 18.7. The fourth-order valence-electron chi connectivity index (χ4n) is 5.52. The number of rotatable bonds is 4. The number of aromatic nitrogens is 5. The molecule has 3 aromatic rings. The standard InChI is InChI=1S/C23H25F3N8/c1-14-10-19(28-13-27-14)32-11-15-2-3-16(12-32)20(15)29-21-30-22-33(8-9-34(22)31-21)18-6-4-17(5-7-18)23(24,25)26/h4-7,10,13,15-16,20H,2-3,8-9,11-12H2,1H3,(H,29,31)/t15-,16-/m1/s1. The van der Waals surface area contributed by atoms with Crippen molar-refractivity contribution in [3.8, 4) is 0 Å². The second kappa shape index (κ2) is 7.85. The smallest absolute Gasteiger partial charge is 0.356 e. The lowest BCUT2D eigenvalue weighted by Gasteiger charge is -2.38. The number of hydrogen-bond donors (Lipinski definition) is 1. The minimum atomic E-state index is -4.35. The van der Waals surface area contributed by atoms with E-state index in [2.05, 4.69) is 25.3 Å². The second-order valence-corrected chi connectivity index (χ2v) is 9.35. The van der Waals surface area contributed by atoms with E-state index in [4.69, 9.17) is 4.98 Å². The summed E-state index contributed by atoms with van der Waals surface area (Å²) < 4.78 is 40.6. The fraction of sp³-hybridized carbons (Fsp3) is 0.478. The summed E-state index contributed by atoms with van der Waals surface area (Å²) in [5.74, 6) is 3.16. The zero-order chi connectivity index (χ0) is 23.4. The molecule has 34 heavy (non-hydrogen) atoms. The Hall–Kier alpha value is -3.37. The number of alkyl halides is 3. The molecule has 2 aliphatic heterocycles. The van der Waals surface area contributed by atoms with Gasteiger partial charge in [0, 0.05) is 43.1 Å². The lowest BCUT2D eigenvalue weighted by atomic mass is 9.92. The van der Waals surface area contributed by atoms with E-state index < -0.39 is 11.7 Å². The molecule has 11 heteroatoms. The van der Waals surface area contributed by atoms with Crippen LogP contribution in [-0.4, -0.2) is 50.4 Å². The summed E-state index contributed by atoms with van der Waals surface area (Å²) in [6.45, 7) is 5.10. The molecule has 2 aromatic heterocycles. The van der Waals surface area contributed by atoms with Crippen molar-refractivity contribution in [3.05, 3.63) is 47.9 Å². The number of nitrogens with zero attached hydrogens (tertiary/aromatic N) is 7. The first-order valence-electron chi connectivity index (χ1n) is 11.5. The molecular formula is C23H25F3N8. The Morgan fingerprint density at radius 1 is 1.00 bits per heavy atom. The average molecular weight is 471 g/mol. The Balaban J connectivity index is 1.16. The summed E-state index contributed by atoms with van der Waals surface area (Å²) in [6, 6.07) is 7.53. The molecule has 3 aliphatic rings. The summed E-state index contributed by atoms with van der Waals surface area (Å²) in [4.78, 5) is 17.6. The second-order valence-electron chi connectivity index (χ2n) is 9.35. The molecule has 1 saturated heterocycles. The molecule has 0 spiro atoms. The van der Waals surface area contributed by atoms with Gasteiger partial charge in [0.05, 0.1) is 12.1 Å². The van der Waals surface area contributed by atoms with Crippen molar-refractivity contribution in [2.75, 3.05) is 34.8 Å². The van der Waals surface area contributed by atoms with Gasteiger partial charge in [0.15, 0.2) is 0 Å². The summed E-state index contributed by atoms with van der Waals surface area (Å²) in [7, 11) is 0. The fourth-order valence-corrected chi connectivity index (χ4v) is 5.52. The van der Waals surface area contributed by atoms with Crippen molar-refractivity contribution < 1.29 is 13.2 Å². The van der Waals surface area contributed by atoms with Gasteiger partial charge < -0.3 is 15.1 Å². The Kier molecular flexibility index (Phi) is 4.89. The van der Waals surface area contributed by atoms with Crippen molar-refractivity contribution in [2.45, 2.75) is 38.5 Å². The van der Waals surface area contributed by atoms with Crippen LogP contribution in [-0.2, 0) is 12.7 Å². The SMILES string of the molecule is Cc1cc(N2C[C@H]3CC[C@H](C2)C3Nc2nc3n(n2)CCN3c2ccc(C(F)(F)F)cc2)ncn1. The van der Waals surface area contributed by atoms with E-state index in [-0.39, 0.29) is 0 Å². The van der Waals surface area contributed by atoms with Crippen molar-refractivity contribution in [1.29, 1.82) is 0 Å². The number of fused-ring (bicyclic) bond motifs is 3. The van der Waals surface area contributed by atoms with Crippen LogP contribution < -0.4 is 15.1 Å². The van der Waals surface area contributed by atoms with Crippen LogP contribution in [0.2, 0.25) is 0 Å². The Labute approximate surface area is 194 Å². The maximum absolute atomic E-state index is 12.9. The maximum atomic E-state index is 12.9. The Morgan fingerprint density at radius 3 is 2.41 bits per heavy atom. The van der Waals surface area contributed by atoms with E-state index in [1.54, 1.807) is 6.33 Å². The number of piperidine rings is 1. The monoisotopic (exact) mass is 470 g/mol. The van der Waals surface area contributed by atoms with E-state index in [1.807, 2.05) is 22.6 Å². The summed E-state index contributed by atoms with van der Waals surface area (Å²) >= 11 is 0. The largest absolute Gasteiger partial charge is 0.416 e. The first-order valence-corrected chi connectivity index (χ1v) is 11.5. The number of aryl methyl sites for hydroxylation is 1. The van der Waals surface area contributed by atoms with E-state index >= 15 is 0 Å².